The van der Waals surface area contributed by atoms with Gasteiger partial charge in [0.2, 0.25) is 0 Å². The second-order valence-electron chi connectivity index (χ2n) is 3.38. The van der Waals surface area contributed by atoms with E-state index in [9.17, 15) is 19.2 Å². The Morgan fingerprint density at radius 2 is 1.24 bits per heavy atom. The number of ether oxygens (including phenoxy) is 1. The number of ketones is 2. The molecule has 17 heavy (non-hydrogen) atoms. The van der Waals surface area contributed by atoms with E-state index in [4.69, 9.17) is 15.3 Å². The first-order valence-electron chi connectivity index (χ1n) is 4.40. The molecule has 0 aromatic rings. The number of aliphatic hydroxyl groups is 3. The summed E-state index contributed by atoms with van der Waals surface area (Å²) in [6, 6.07) is 0. The minimum Gasteiger partial charge on any atom is -0.392 e. The molecule has 0 aliphatic rings. The van der Waals surface area contributed by atoms with Gasteiger partial charge in [-0.25, -0.2) is 4.79 Å². The number of hydrogen-bond acceptors (Lipinski definition) is 8. The number of carbonyl (C=O) groups is 4. The van der Waals surface area contributed by atoms with Crippen LogP contribution in [0.4, 0.5) is 0 Å². The van der Waals surface area contributed by atoms with Crippen molar-refractivity contribution in [2.45, 2.75) is 26.7 Å². The normalized spacial score (nSPS) is 11.9. The Balaban J connectivity index is 5.84. The largest absolute Gasteiger partial charge is 0.392 e. The molecule has 0 bridgehead atoms. The van der Waals surface area contributed by atoms with E-state index in [1.807, 2.05) is 0 Å². The van der Waals surface area contributed by atoms with Crippen molar-refractivity contribution in [3.05, 3.63) is 0 Å². The lowest BCUT2D eigenvalue weighted by Crippen LogP contribution is -2.62. The minimum absolute atomic E-state index is 0.667. The summed E-state index contributed by atoms with van der Waals surface area (Å²) in [6.45, 7) is 2.14. The Hall–Kier alpha value is -1.64. The molecule has 0 heterocycles. The molecule has 0 aromatic heterocycles. The van der Waals surface area contributed by atoms with Crippen molar-refractivity contribution in [3.63, 3.8) is 0 Å². The van der Waals surface area contributed by atoms with Crippen LogP contribution in [0.1, 0.15) is 20.8 Å². The topological polar surface area (TPSA) is 138 Å². The summed E-state index contributed by atoms with van der Waals surface area (Å²) < 4.78 is 3.97. The van der Waals surface area contributed by atoms with E-state index in [1.165, 1.54) is 0 Å². The van der Waals surface area contributed by atoms with Gasteiger partial charge < -0.3 is 20.1 Å². The predicted octanol–water partition coefficient (Wildman–Crippen LogP) is -2.13. The van der Waals surface area contributed by atoms with E-state index in [2.05, 4.69) is 4.74 Å². The minimum atomic E-state index is -3.96. The summed E-state index contributed by atoms with van der Waals surface area (Å²) in [4.78, 5) is 44.5. The molecule has 0 aromatic carbocycles. The van der Waals surface area contributed by atoms with Gasteiger partial charge in [0.05, 0.1) is 0 Å². The molecule has 0 unspecified atom stereocenters. The van der Waals surface area contributed by atoms with Crippen molar-refractivity contribution in [3.8, 4) is 0 Å². The van der Waals surface area contributed by atoms with E-state index in [-0.39, 0.29) is 0 Å². The zero-order chi connectivity index (χ0) is 14.0. The summed E-state index contributed by atoms with van der Waals surface area (Å²) in [7, 11) is 0. The van der Waals surface area contributed by atoms with Gasteiger partial charge in [-0.05, 0) is 13.8 Å². The standard InChI is InChI=1S/C9H12O8/c1-4(10)8(5(2)11,9(14,15)16)7(13)17-6(3)12/h14-16H,1-3H3. The Kier molecular flexibility index (Phi) is 4.24. The van der Waals surface area contributed by atoms with Gasteiger partial charge in [0.1, 0.15) is 0 Å². The second kappa shape index (κ2) is 4.70. The molecular formula is C9H12O8. The summed E-state index contributed by atoms with van der Waals surface area (Å²) in [6.07, 6.45) is 0. The third-order valence-electron chi connectivity index (χ3n) is 2.10. The molecule has 0 saturated carbocycles. The van der Waals surface area contributed by atoms with Crippen molar-refractivity contribution >= 4 is 23.5 Å². The first kappa shape index (κ1) is 15.4. The summed E-state index contributed by atoms with van der Waals surface area (Å²) >= 11 is 0. The van der Waals surface area contributed by atoms with Gasteiger partial charge in [-0.15, -0.1) is 0 Å². The Bertz CT molecular complexity index is 361. The highest BCUT2D eigenvalue weighted by Gasteiger charge is 2.65. The van der Waals surface area contributed by atoms with Crippen LogP contribution < -0.4 is 0 Å². The Labute approximate surface area is 95.8 Å². The number of Topliss-reactive ketones (excluding diaryl/α,β-unsaturated/α-hetero) is 2. The first-order chi connectivity index (χ1) is 7.47. The number of esters is 2. The fourth-order valence-corrected chi connectivity index (χ4v) is 1.35. The van der Waals surface area contributed by atoms with Crippen molar-refractivity contribution in [1.82, 2.24) is 0 Å². The first-order valence-corrected chi connectivity index (χ1v) is 4.40. The quantitative estimate of drug-likeness (QED) is 0.291. The van der Waals surface area contributed by atoms with Crippen molar-refractivity contribution in [2.24, 2.45) is 5.41 Å². The molecule has 96 valence electrons. The van der Waals surface area contributed by atoms with Crippen LogP contribution in [-0.2, 0) is 23.9 Å². The smallest absolute Gasteiger partial charge is 0.343 e. The van der Waals surface area contributed by atoms with Crippen LogP contribution in [0.5, 0.6) is 0 Å². The van der Waals surface area contributed by atoms with Gasteiger partial charge in [-0.2, -0.15) is 0 Å². The molecule has 0 rings (SSSR count). The molecule has 0 spiro atoms. The van der Waals surface area contributed by atoms with E-state index >= 15 is 0 Å². The Morgan fingerprint density at radius 1 is 0.882 bits per heavy atom. The fraction of sp³-hybridized carbons (Fsp3) is 0.556. The average molecular weight is 248 g/mol. The van der Waals surface area contributed by atoms with Crippen LogP contribution in [0, 0.1) is 5.41 Å². The molecule has 0 fully saturated rings. The van der Waals surface area contributed by atoms with Gasteiger partial charge in [0.25, 0.3) is 5.41 Å². The lowest BCUT2D eigenvalue weighted by atomic mass is 9.77. The average Bonchev–Trinajstić information content (AvgIpc) is 1.96. The second-order valence-corrected chi connectivity index (χ2v) is 3.38. The number of hydrogen-bond donors (Lipinski definition) is 3. The zero-order valence-corrected chi connectivity index (χ0v) is 9.38. The highest BCUT2D eigenvalue weighted by molar-refractivity contribution is 6.23. The van der Waals surface area contributed by atoms with Crippen LogP contribution >= 0.6 is 0 Å². The van der Waals surface area contributed by atoms with Gasteiger partial charge in [-0.1, -0.05) is 0 Å². The highest BCUT2D eigenvalue weighted by atomic mass is 16.7. The van der Waals surface area contributed by atoms with Gasteiger partial charge in [0, 0.05) is 6.92 Å². The van der Waals surface area contributed by atoms with Crippen LogP contribution in [0.25, 0.3) is 0 Å². The molecular weight excluding hydrogens is 236 g/mol. The van der Waals surface area contributed by atoms with Crippen LogP contribution in [-0.4, -0.2) is 44.8 Å². The van der Waals surface area contributed by atoms with Crippen molar-refractivity contribution in [1.29, 1.82) is 0 Å². The third kappa shape index (κ3) is 2.54. The maximum absolute atomic E-state index is 11.4. The summed E-state index contributed by atoms with van der Waals surface area (Å²) in [5.41, 5.74) is -3.27. The fourth-order valence-electron chi connectivity index (χ4n) is 1.35. The van der Waals surface area contributed by atoms with Crippen molar-refractivity contribution < 1.29 is 39.2 Å². The molecule has 0 saturated heterocycles. The van der Waals surface area contributed by atoms with E-state index in [0.717, 1.165) is 6.92 Å². The van der Waals surface area contributed by atoms with Crippen LogP contribution in [0.15, 0.2) is 0 Å². The lowest BCUT2D eigenvalue weighted by Gasteiger charge is -2.32. The molecule has 3 N–H and O–H groups in total. The molecule has 0 radical (unpaired) electrons. The molecule has 8 heteroatoms. The van der Waals surface area contributed by atoms with Crippen LogP contribution in [0.3, 0.4) is 0 Å². The monoisotopic (exact) mass is 248 g/mol. The summed E-state index contributed by atoms with van der Waals surface area (Å²) in [5, 5.41) is 27.0. The number of rotatable bonds is 4. The molecule has 0 aliphatic carbocycles. The lowest BCUT2D eigenvalue weighted by molar-refractivity contribution is -0.348. The van der Waals surface area contributed by atoms with Crippen molar-refractivity contribution in [2.75, 3.05) is 0 Å². The SMILES string of the molecule is CC(=O)OC(=O)C(C(C)=O)(C(C)=O)C(O)(O)O. The van der Waals surface area contributed by atoms with E-state index < -0.39 is 34.9 Å². The third-order valence-corrected chi connectivity index (χ3v) is 2.10. The predicted molar refractivity (Wildman–Crippen MR) is 50.0 cm³/mol. The molecule has 8 nitrogen and oxygen atoms in total. The molecule has 0 aliphatic heterocycles. The van der Waals surface area contributed by atoms with Gasteiger partial charge in [0.15, 0.2) is 11.6 Å². The molecule has 0 atom stereocenters. The Morgan fingerprint density at radius 3 is 1.41 bits per heavy atom. The maximum atomic E-state index is 11.4. The highest BCUT2D eigenvalue weighted by Crippen LogP contribution is 2.32. The van der Waals surface area contributed by atoms with E-state index in [1.54, 1.807) is 0 Å². The summed E-state index contributed by atoms with van der Waals surface area (Å²) in [5.74, 6) is -9.73. The van der Waals surface area contributed by atoms with Crippen LogP contribution in [0.2, 0.25) is 0 Å². The number of carbonyl (C=O) groups excluding carboxylic acids is 4. The van der Waals surface area contributed by atoms with Gasteiger partial charge in [-0.3, -0.25) is 14.4 Å². The molecule has 0 amide bonds. The van der Waals surface area contributed by atoms with E-state index in [0.29, 0.717) is 13.8 Å². The van der Waals surface area contributed by atoms with Gasteiger partial charge >= 0.3 is 17.9 Å². The zero-order valence-electron chi connectivity index (χ0n) is 9.38. The maximum Gasteiger partial charge on any atom is 0.343 e.